The van der Waals surface area contributed by atoms with Crippen LogP contribution in [0.5, 0.6) is 11.5 Å². The average Bonchev–Trinajstić information content (AvgIpc) is 3.19. The van der Waals surface area contributed by atoms with Crippen molar-refractivity contribution in [1.82, 2.24) is 9.78 Å². The van der Waals surface area contributed by atoms with Gasteiger partial charge in [0.15, 0.2) is 11.5 Å². The third-order valence-electron chi connectivity index (χ3n) is 5.05. The molecule has 132 valence electrons. The van der Waals surface area contributed by atoms with Crippen LogP contribution in [0.1, 0.15) is 24.0 Å². The molecule has 0 atom stereocenters. The van der Waals surface area contributed by atoms with Crippen molar-refractivity contribution in [3.8, 4) is 28.4 Å². The molecule has 5 heteroatoms. The molecular formula is C21H21N3O2. The van der Waals surface area contributed by atoms with Crippen LogP contribution in [0, 0.1) is 6.92 Å². The maximum Gasteiger partial charge on any atom is 0.231 e. The minimum atomic E-state index is 0.288. The minimum absolute atomic E-state index is 0.288. The van der Waals surface area contributed by atoms with Crippen LogP contribution in [-0.2, 0) is 6.42 Å². The highest BCUT2D eigenvalue weighted by molar-refractivity contribution is 5.73. The van der Waals surface area contributed by atoms with E-state index in [4.69, 9.17) is 14.6 Å². The molecule has 2 aromatic carbocycles. The molecule has 5 rings (SSSR count). The van der Waals surface area contributed by atoms with E-state index in [0.29, 0.717) is 0 Å². The van der Waals surface area contributed by atoms with Crippen molar-refractivity contribution in [1.29, 1.82) is 0 Å². The average molecular weight is 347 g/mol. The zero-order chi connectivity index (χ0) is 17.5. The number of nitrogens with zero attached hydrogens (tertiary/aromatic N) is 2. The Bertz CT molecular complexity index is 960. The van der Waals surface area contributed by atoms with Gasteiger partial charge >= 0.3 is 0 Å². The smallest absolute Gasteiger partial charge is 0.231 e. The third kappa shape index (κ3) is 2.51. The first-order valence-corrected chi connectivity index (χ1v) is 9.12. The number of hydrogen-bond acceptors (Lipinski definition) is 4. The first kappa shape index (κ1) is 15.3. The lowest BCUT2D eigenvalue weighted by Crippen LogP contribution is -2.07. The zero-order valence-electron chi connectivity index (χ0n) is 14.8. The molecule has 26 heavy (non-hydrogen) atoms. The summed E-state index contributed by atoms with van der Waals surface area (Å²) in [7, 11) is 0. The lowest BCUT2D eigenvalue weighted by Gasteiger charge is -2.09. The molecule has 2 aliphatic rings. The van der Waals surface area contributed by atoms with Gasteiger partial charge in [0, 0.05) is 17.7 Å². The van der Waals surface area contributed by atoms with Gasteiger partial charge in [-0.05, 0) is 56.5 Å². The summed E-state index contributed by atoms with van der Waals surface area (Å²) >= 11 is 0. The van der Waals surface area contributed by atoms with E-state index < -0.39 is 0 Å². The normalized spacial score (nSPS) is 15.3. The van der Waals surface area contributed by atoms with Crippen molar-refractivity contribution in [2.75, 3.05) is 18.7 Å². The highest BCUT2D eigenvalue weighted by atomic mass is 16.7. The van der Waals surface area contributed by atoms with Crippen molar-refractivity contribution in [2.24, 2.45) is 0 Å². The van der Waals surface area contributed by atoms with E-state index in [1.54, 1.807) is 0 Å². The molecule has 0 bridgehead atoms. The van der Waals surface area contributed by atoms with Gasteiger partial charge in [0.2, 0.25) is 6.79 Å². The number of nitrogens with one attached hydrogen (secondary N) is 1. The maximum absolute atomic E-state index is 5.56. The second-order valence-electron chi connectivity index (χ2n) is 6.88. The molecule has 0 saturated carbocycles. The zero-order valence-corrected chi connectivity index (χ0v) is 14.8. The second kappa shape index (κ2) is 6.09. The van der Waals surface area contributed by atoms with Gasteiger partial charge in [0.05, 0.1) is 11.4 Å². The van der Waals surface area contributed by atoms with Crippen molar-refractivity contribution < 1.29 is 9.47 Å². The number of aryl methyl sites for hydroxylation is 1. The number of benzene rings is 2. The molecule has 0 fully saturated rings. The molecular weight excluding hydrogens is 326 g/mol. The van der Waals surface area contributed by atoms with Crippen LogP contribution in [0.4, 0.5) is 5.82 Å². The molecule has 5 nitrogen and oxygen atoms in total. The van der Waals surface area contributed by atoms with Crippen LogP contribution in [0.15, 0.2) is 42.5 Å². The Morgan fingerprint density at radius 2 is 1.85 bits per heavy atom. The molecule has 2 aliphatic heterocycles. The summed E-state index contributed by atoms with van der Waals surface area (Å²) in [6, 6.07) is 14.6. The first-order chi connectivity index (χ1) is 12.8. The van der Waals surface area contributed by atoms with Gasteiger partial charge in [0.1, 0.15) is 5.82 Å². The molecule has 3 aromatic rings. The maximum atomic E-state index is 5.56. The van der Waals surface area contributed by atoms with E-state index in [2.05, 4.69) is 42.6 Å². The Morgan fingerprint density at radius 3 is 2.73 bits per heavy atom. The standard InChI is InChI=1S/C21H21N3O2/c1-14-5-8-16(9-6-14)24-21-17(4-2-3-11-22-21)20(23-24)15-7-10-18-19(12-15)26-13-25-18/h5-10,12,22H,2-4,11,13H2,1H3. The number of anilines is 1. The van der Waals surface area contributed by atoms with Gasteiger partial charge in [-0.15, -0.1) is 0 Å². The predicted molar refractivity (Wildman–Crippen MR) is 101 cm³/mol. The molecule has 0 unspecified atom stereocenters. The summed E-state index contributed by atoms with van der Waals surface area (Å²) in [5, 5.41) is 8.58. The summed E-state index contributed by atoms with van der Waals surface area (Å²) < 4.78 is 13.1. The van der Waals surface area contributed by atoms with E-state index >= 15 is 0 Å². The molecule has 0 radical (unpaired) electrons. The van der Waals surface area contributed by atoms with E-state index in [1.165, 1.54) is 17.5 Å². The van der Waals surface area contributed by atoms with Gasteiger partial charge in [0.25, 0.3) is 0 Å². The summed E-state index contributed by atoms with van der Waals surface area (Å²) in [6.45, 7) is 3.37. The van der Waals surface area contributed by atoms with E-state index in [0.717, 1.165) is 53.6 Å². The van der Waals surface area contributed by atoms with E-state index in [1.807, 2.05) is 16.8 Å². The minimum Gasteiger partial charge on any atom is -0.454 e. The fraction of sp³-hybridized carbons (Fsp3) is 0.286. The quantitative estimate of drug-likeness (QED) is 0.750. The fourth-order valence-corrected chi connectivity index (χ4v) is 3.65. The summed E-state index contributed by atoms with van der Waals surface area (Å²) in [5.41, 5.74) is 5.69. The molecule has 0 spiro atoms. The fourth-order valence-electron chi connectivity index (χ4n) is 3.65. The number of fused-ring (bicyclic) bond motifs is 2. The van der Waals surface area contributed by atoms with Crippen LogP contribution in [0.3, 0.4) is 0 Å². The SMILES string of the molecule is Cc1ccc(-n2nc(-c3ccc4c(c3)OCO4)c3c2NCCCC3)cc1. The van der Waals surface area contributed by atoms with Crippen LogP contribution >= 0.6 is 0 Å². The van der Waals surface area contributed by atoms with Crippen LogP contribution in [0.2, 0.25) is 0 Å². The van der Waals surface area contributed by atoms with Gasteiger partial charge < -0.3 is 14.8 Å². The summed E-state index contributed by atoms with van der Waals surface area (Å²) in [6.07, 6.45) is 3.36. The molecule has 0 saturated heterocycles. The third-order valence-corrected chi connectivity index (χ3v) is 5.05. The second-order valence-corrected chi connectivity index (χ2v) is 6.88. The summed E-state index contributed by atoms with van der Waals surface area (Å²) in [5.74, 6) is 2.71. The van der Waals surface area contributed by atoms with Gasteiger partial charge in [-0.2, -0.15) is 5.10 Å². The van der Waals surface area contributed by atoms with Gasteiger partial charge in [-0.3, -0.25) is 0 Å². The molecule has 0 aliphatic carbocycles. The largest absolute Gasteiger partial charge is 0.454 e. The predicted octanol–water partition coefficient (Wildman–Crippen LogP) is 4.32. The van der Waals surface area contributed by atoms with Crippen LogP contribution in [-0.4, -0.2) is 23.1 Å². The molecule has 0 amide bonds. The number of hydrogen-bond donors (Lipinski definition) is 1. The molecule has 1 N–H and O–H groups in total. The molecule has 1 aromatic heterocycles. The van der Waals surface area contributed by atoms with Gasteiger partial charge in [-0.1, -0.05) is 17.7 Å². The Balaban J connectivity index is 1.67. The lowest BCUT2D eigenvalue weighted by molar-refractivity contribution is 0.174. The summed E-state index contributed by atoms with van der Waals surface area (Å²) in [4.78, 5) is 0. The van der Waals surface area contributed by atoms with Crippen molar-refractivity contribution in [3.05, 3.63) is 53.6 Å². The monoisotopic (exact) mass is 347 g/mol. The van der Waals surface area contributed by atoms with E-state index in [9.17, 15) is 0 Å². The highest BCUT2D eigenvalue weighted by Gasteiger charge is 2.23. The van der Waals surface area contributed by atoms with Crippen molar-refractivity contribution in [2.45, 2.75) is 26.2 Å². The highest BCUT2D eigenvalue weighted by Crippen LogP contribution is 2.39. The Labute approximate surface area is 152 Å². The van der Waals surface area contributed by atoms with Crippen LogP contribution in [0.25, 0.3) is 16.9 Å². The Hall–Kier alpha value is -2.95. The Kier molecular flexibility index (Phi) is 3.59. The molecule has 3 heterocycles. The Morgan fingerprint density at radius 1 is 1.00 bits per heavy atom. The van der Waals surface area contributed by atoms with Crippen molar-refractivity contribution >= 4 is 5.82 Å². The van der Waals surface area contributed by atoms with Gasteiger partial charge in [-0.25, -0.2) is 4.68 Å². The topological polar surface area (TPSA) is 48.3 Å². The first-order valence-electron chi connectivity index (χ1n) is 9.12. The number of ether oxygens (including phenoxy) is 2. The van der Waals surface area contributed by atoms with E-state index in [-0.39, 0.29) is 6.79 Å². The number of aromatic nitrogens is 2. The lowest BCUT2D eigenvalue weighted by atomic mass is 10.0. The van der Waals surface area contributed by atoms with Crippen LogP contribution < -0.4 is 14.8 Å². The van der Waals surface area contributed by atoms with Crippen molar-refractivity contribution in [3.63, 3.8) is 0 Å². The number of rotatable bonds is 2.